The largest absolute Gasteiger partial charge is 0.374 e. The highest BCUT2D eigenvalue weighted by molar-refractivity contribution is 5.03. The van der Waals surface area contributed by atoms with Crippen LogP contribution in [0.3, 0.4) is 0 Å². The molecule has 0 aromatic carbocycles. The predicted molar refractivity (Wildman–Crippen MR) is 32.7 cm³/mol. The molecule has 50 valence electrons. The third-order valence-corrected chi connectivity index (χ3v) is 1.57. The van der Waals surface area contributed by atoms with Gasteiger partial charge in [-0.15, -0.1) is 0 Å². The van der Waals surface area contributed by atoms with Gasteiger partial charge < -0.3 is 10.4 Å². The lowest BCUT2D eigenvalue weighted by molar-refractivity contribution is 0.0715. The molecule has 0 aromatic heterocycles. The number of β-amino-alcohol motifs (C(OH)–C–C–N with tert-alkyl or cyclic N) is 1. The molecule has 0 unspecified atom stereocenters. The van der Waals surface area contributed by atoms with E-state index in [4.69, 9.17) is 5.26 Å². The van der Waals surface area contributed by atoms with E-state index >= 15 is 0 Å². The van der Waals surface area contributed by atoms with Crippen LogP contribution in [0.4, 0.5) is 0 Å². The number of piperidine rings is 1. The maximum atomic E-state index is 9.26. The van der Waals surface area contributed by atoms with Gasteiger partial charge in [0.05, 0.1) is 6.07 Å². The van der Waals surface area contributed by atoms with Crippen molar-refractivity contribution in [1.82, 2.24) is 5.32 Å². The zero-order chi connectivity index (χ0) is 6.74. The second-order valence-electron chi connectivity index (χ2n) is 2.42. The van der Waals surface area contributed by atoms with Crippen molar-refractivity contribution < 1.29 is 5.11 Å². The molecule has 1 aliphatic heterocycles. The zero-order valence-corrected chi connectivity index (χ0v) is 5.22. The Morgan fingerprint density at radius 2 is 2.44 bits per heavy atom. The fourth-order valence-corrected chi connectivity index (χ4v) is 0.985. The van der Waals surface area contributed by atoms with Crippen molar-refractivity contribution in [2.24, 2.45) is 0 Å². The minimum absolute atomic E-state index is 0.420. The zero-order valence-electron chi connectivity index (χ0n) is 5.22. The third-order valence-electron chi connectivity index (χ3n) is 1.57. The van der Waals surface area contributed by atoms with Gasteiger partial charge in [-0.3, -0.25) is 0 Å². The molecule has 0 aliphatic carbocycles. The predicted octanol–water partition coefficient (Wildman–Crippen LogP) is -0.376. The quantitative estimate of drug-likeness (QED) is 0.435. The van der Waals surface area contributed by atoms with Crippen molar-refractivity contribution in [3.8, 4) is 6.07 Å². The van der Waals surface area contributed by atoms with Crippen LogP contribution in [0.15, 0.2) is 0 Å². The maximum Gasteiger partial charge on any atom is 0.163 e. The molecule has 0 aromatic rings. The van der Waals surface area contributed by atoms with E-state index in [1.54, 1.807) is 0 Å². The van der Waals surface area contributed by atoms with E-state index in [1.165, 1.54) is 0 Å². The first-order valence-electron chi connectivity index (χ1n) is 3.11. The summed E-state index contributed by atoms with van der Waals surface area (Å²) in [4.78, 5) is 0. The fraction of sp³-hybridized carbons (Fsp3) is 0.833. The SMILES string of the molecule is N#C[C@]1(O)CCCNC1. The van der Waals surface area contributed by atoms with Crippen LogP contribution in [0.25, 0.3) is 0 Å². The van der Waals surface area contributed by atoms with E-state index in [0.29, 0.717) is 13.0 Å². The van der Waals surface area contributed by atoms with E-state index in [1.807, 2.05) is 6.07 Å². The summed E-state index contributed by atoms with van der Waals surface area (Å²) < 4.78 is 0. The summed E-state index contributed by atoms with van der Waals surface area (Å²) in [5.41, 5.74) is -1.09. The van der Waals surface area contributed by atoms with Crippen LogP contribution in [-0.4, -0.2) is 23.8 Å². The molecular formula is C6H10N2O. The van der Waals surface area contributed by atoms with Crippen molar-refractivity contribution in [2.75, 3.05) is 13.1 Å². The molecule has 1 aliphatic rings. The van der Waals surface area contributed by atoms with Crippen molar-refractivity contribution >= 4 is 0 Å². The molecule has 3 heteroatoms. The summed E-state index contributed by atoms with van der Waals surface area (Å²) in [6, 6.07) is 1.87. The maximum absolute atomic E-state index is 9.26. The van der Waals surface area contributed by atoms with E-state index < -0.39 is 5.60 Å². The van der Waals surface area contributed by atoms with Crippen LogP contribution in [-0.2, 0) is 0 Å². The minimum atomic E-state index is -1.09. The van der Waals surface area contributed by atoms with Crippen molar-refractivity contribution in [2.45, 2.75) is 18.4 Å². The van der Waals surface area contributed by atoms with Gasteiger partial charge in [-0.05, 0) is 19.4 Å². The average molecular weight is 126 g/mol. The van der Waals surface area contributed by atoms with E-state index in [2.05, 4.69) is 5.32 Å². The summed E-state index contributed by atoms with van der Waals surface area (Å²) in [6.07, 6.45) is 1.50. The highest BCUT2D eigenvalue weighted by Gasteiger charge is 2.27. The normalized spacial score (nSPS) is 35.6. The fourth-order valence-electron chi connectivity index (χ4n) is 0.985. The second-order valence-corrected chi connectivity index (χ2v) is 2.42. The Morgan fingerprint density at radius 3 is 2.78 bits per heavy atom. The van der Waals surface area contributed by atoms with Crippen molar-refractivity contribution in [3.05, 3.63) is 0 Å². The van der Waals surface area contributed by atoms with Gasteiger partial charge in [0, 0.05) is 6.54 Å². The Labute approximate surface area is 54.3 Å². The van der Waals surface area contributed by atoms with Crippen LogP contribution in [0.2, 0.25) is 0 Å². The highest BCUT2D eigenvalue weighted by atomic mass is 16.3. The van der Waals surface area contributed by atoms with Gasteiger partial charge in [-0.1, -0.05) is 0 Å². The summed E-state index contributed by atoms with van der Waals surface area (Å²) in [5.74, 6) is 0. The lowest BCUT2D eigenvalue weighted by Gasteiger charge is -2.25. The minimum Gasteiger partial charge on any atom is -0.374 e. The smallest absolute Gasteiger partial charge is 0.163 e. The number of hydrogen-bond acceptors (Lipinski definition) is 3. The van der Waals surface area contributed by atoms with Crippen molar-refractivity contribution in [1.29, 1.82) is 5.26 Å². The lowest BCUT2D eigenvalue weighted by Crippen LogP contribution is -2.44. The molecule has 2 N–H and O–H groups in total. The Balaban J connectivity index is 2.49. The van der Waals surface area contributed by atoms with Crippen LogP contribution >= 0.6 is 0 Å². The molecule has 0 amide bonds. The molecule has 1 heterocycles. The summed E-state index contributed by atoms with van der Waals surface area (Å²) in [7, 11) is 0. The molecule has 1 rings (SSSR count). The van der Waals surface area contributed by atoms with Gasteiger partial charge in [0.25, 0.3) is 0 Å². The number of hydrogen-bond donors (Lipinski definition) is 2. The van der Waals surface area contributed by atoms with Gasteiger partial charge in [0.2, 0.25) is 0 Å². The molecule has 1 fully saturated rings. The van der Waals surface area contributed by atoms with Gasteiger partial charge in [-0.25, -0.2) is 0 Å². The molecule has 9 heavy (non-hydrogen) atoms. The molecule has 0 radical (unpaired) electrons. The van der Waals surface area contributed by atoms with Gasteiger partial charge in [0.1, 0.15) is 0 Å². The first kappa shape index (κ1) is 6.53. The number of aliphatic hydroxyl groups is 1. The van der Waals surface area contributed by atoms with Gasteiger partial charge >= 0.3 is 0 Å². The Bertz CT molecular complexity index is 132. The molecule has 0 spiro atoms. The summed E-state index contributed by atoms with van der Waals surface area (Å²) in [6.45, 7) is 1.34. The highest BCUT2D eigenvalue weighted by Crippen LogP contribution is 2.13. The molecule has 3 nitrogen and oxygen atoms in total. The molecular weight excluding hydrogens is 116 g/mol. The first-order valence-corrected chi connectivity index (χ1v) is 3.11. The molecule has 0 bridgehead atoms. The monoisotopic (exact) mass is 126 g/mol. The number of rotatable bonds is 0. The average Bonchev–Trinajstić information content (AvgIpc) is 1.90. The number of nitrogens with one attached hydrogen (secondary N) is 1. The summed E-state index contributed by atoms with van der Waals surface area (Å²) in [5, 5.41) is 20.6. The summed E-state index contributed by atoms with van der Waals surface area (Å²) >= 11 is 0. The first-order chi connectivity index (χ1) is 4.27. The molecule has 0 saturated carbocycles. The Kier molecular flexibility index (Phi) is 1.70. The lowest BCUT2D eigenvalue weighted by atomic mass is 9.96. The molecule has 1 atom stereocenters. The van der Waals surface area contributed by atoms with E-state index in [9.17, 15) is 5.11 Å². The van der Waals surface area contributed by atoms with Crippen LogP contribution in [0, 0.1) is 11.3 Å². The molecule has 1 saturated heterocycles. The second kappa shape index (κ2) is 2.34. The van der Waals surface area contributed by atoms with Crippen molar-refractivity contribution in [3.63, 3.8) is 0 Å². The Morgan fingerprint density at radius 1 is 1.67 bits per heavy atom. The van der Waals surface area contributed by atoms with Gasteiger partial charge in [0.15, 0.2) is 5.60 Å². The third kappa shape index (κ3) is 1.41. The van der Waals surface area contributed by atoms with E-state index in [-0.39, 0.29) is 0 Å². The Hall–Kier alpha value is -0.590. The standard InChI is InChI=1S/C6H10N2O/c7-4-6(9)2-1-3-8-5-6/h8-9H,1-3,5H2/t6-/m1/s1. The number of nitriles is 1. The van der Waals surface area contributed by atoms with Gasteiger partial charge in [-0.2, -0.15) is 5.26 Å². The number of nitrogens with zero attached hydrogens (tertiary/aromatic N) is 1. The van der Waals surface area contributed by atoms with Crippen LogP contribution < -0.4 is 5.32 Å². The topological polar surface area (TPSA) is 56.0 Å². The van der Waals surface area contributed by atoms with Crippen LogP contribution in [0.5, 0.6) is 0 Å². The van der Waals surface area contributed by atoms with E-state index in [0.717, 1.165) is 13.0 Å². The van der Waals surface area contributed by atoms with Crippen LogP contribution in [0.1, 0.15) is 12.8 Å².